The second-order valence-corrected chi connectivity index (χ2v) is 10.2. The highest BCUT2D eigenvalue weighted by Gasteiger charge is 2.14. The number of rotatable bonds is 6. The fraction of sp³-hybridized carbons (Fsp3) is 0.0909. The zero-order valence-electron chi connectivity index (χ0n) is 16.6. The van der Waals surface area contributed by atoms with Crippen molar-refractivity contribution in [3.8, 4) is 5.75 Å². The lowest BCUT2D eigenvalue weighted by Gasteiger charge is -2.04. The second kappa shape index (κ2) is 9.42. The van der Waals surface area contributed by atoms with Crippen molar-refractivity contribution in [2.75, 3.05) is 7.11 Å². The Kier molecular flexibility index (Phi) is 6.45. The Morgan fingerprint density at radius 2 is 1.45 bits per heavy atom. The predicted molar refractivity (Wildman–Crippen MR) is 123 cm³/mol. The molecule has 31 heavy (non-hydrogen) atoms. The van der Waals surface area contributed by atoms with Gasteiger partial charge in [-0.15, -0.1) is 4.40 Å². The highest BCUT2D eigenvalue weighted by atomic mass is 32.9. The van der Waals surface area contributed by atoms with Crippen LogP contribution in [0.3, 0.4) is 0 Å². The number of benzene rings is 3. The number of nitrogens with zero attached hydrogens (tertiary/aromatic N) is 3. The van der Waals surface area contributed by atoms with Gasteiger partial charge in [-0.25, -0.2) is 4.99 Å². The Morgan fingerprint density at radius 3 is 2.10 bits per heavy atom. The lowest BCUT2D eigenvalue weighted by molar-refractivity contribution is 0.414. The van der Waals surface area contributed by atoms with Gasteiger partial charge in [0.25, 0.3) is 10.0 Å². The molecule has 0 N–H and O–H groups in total. The van der Waals surface area contributed by atoms with Gasteiger partial charge in [-0.05, 0) is 62.6 Å². The van der Waals surface area contributed by atoms with E-state index in [1.54, 1.807) is 12.1 Å². The van der Waals surface area contributed by atoms with E-state index >= 15 is 0 Å². The summed E-state index contributed by atoms with van der Waals surface area (Å²) in [5, 5.41) is 0. The third-order valence-electron chi connectivity index (χ3n) is 4.37. The van der Waals surface area contributed by atoms with Gasteiger partial charge in [-0.3, -0.25) is 4.57 Å². The second-order valence-electron chi connectivity index (χ2n) is 6.49. The maximum atomic E-state index is 12.9. The average molecular weight is 470 g/mol. The topological polar surface area (TPSA) is 73.0 Å². The highest BCUT2D eigenvalue weighted by Crippen LogP contribution is 2.17. The number of hydrogen-bond acceptors (Lipinski definition) is 6. The van der Waals surface area contributed by atoms with Gasteiger partial charge in [0, 0.05) is 0 Å². The van der Waals surface area contributed by atoms with Crippen molar-refractivity contribution >= 4 is 36.4 Å². The molecule has 1 aromatic heterocycles. The van der Waals surface area contributed by atoms with E-state index in [9.17, 15) is 8.42 Å². The van der Waals surface area contributed by atoms with Crippen LogP contribution in [0.1, 0.15) is 5.56 Å². The summed E-state index contributed by atoms with van der Waals surface area (Å²) in [6.45, 7) is 0.462. The van der Waals surface area contributed by atoms with Crippen LogP contribution in [0.5, 0.6) is 5.75 Å². The molecule has 0 atom stereocenters. The Hall–Kier alpha value is -3.01. The van der Waals surface area contributed by atoms with E-state index in [-0.39, 0.29) is 4.90 Å². The Bertz CT molecular complexity index is 1390. The minimum absolute atomic E-state index is 0.111. The first-order valence-electron chi connectivity index (χ1n) is 9.34. The van der Waals surface area contributed by atoms with Crippen LogP contribution in [0.2, 0.25) is 0 Å². The molecule has 158 valence electrons. The van der Waals surface area contributed by atoms with Crippen molar-refractivity contribution < 1.29 is 13.2 Å². The standard InChI is InChI=1S/C22H19N3O3S3/c1-28-19-12-14-20(15-13-19)31(26,27)24-22-25(16-17-8-4-2-5-9-17)21(29-30-22)23-18-10-6-3-7-11-18/h2-15H,16H2,1H3/b23-21?,24-22-. The van der Waals surface area contributed by atoms with Gasteiger partial charge in [0.05, 0.1) is 24.2 Å². The van der Waals surface area contributed by atoms with E-state index in [0.29, 0.717) is 21.9 Å². The quantitative estimate of drug-likeness (QED) is 0.398. The third-order valence-corrected chi connectivity index (χ3v) is 7.92. The first kappa shape index (κ1) is 21.2. The largest absolute Gasteiger partial charge is 0.497 e. The summed E-state index contributed by atoms with van der Waals surface area (Å²) in [6.07, 6.45) is 0. The van der Waals surface area contributed by atoms with Crippen molar-refractivity contribution in [2.45, 2.75) is 11.4 Å². The molecule has 1 heterocycles. The fourth-order valence-corrected chi connectivity index (χ4v) is 6.32. The summed E-state index contributed by atoms with van der Waals surface area (Å²) in [6, 6.07) is 25.6. The van der Waals surface area contributed by atoms with E-state index in [0.717, 1.165) is 11.3 Å². The lowest BCUT2D eigenvalue weighted by atomic mass is 10.2. The highest BCUT2D eigenvalue weighted by molar-refractivity contribution is 7.90. The molecule has 0 saturated heterocycles. The Balaban J connectivity index is 1.84. The van der Waals surface area contributed by atoms with Gasteiger partial charge in [0.2, 0.25) is 9.60 Å². The number of hydrogen-bond donors (Lipinski definition) is 0. The van der Waals surface area contributed by atoms with Crippen molar-refractivity contribution in [2.24, 2.45) is 9.39 Å². The molecule has 3 aromatic carbocycles. The molecule has 0 radical (unpaired) electrons. The van der Waals surface area contributed by atoms with E-state index in [1.807, 2.05) is 65.2 Å². The summed E-state index contributed by atoms with van der Waals surface area (Å²) in [5.74, 6) is 0.584. The van der Waals surface area contributed by atoms with Crippen LogP contribution in [-0.4, -0.2) is 20.1 Å². The molecule has 4 rings (SSSR count). The smallest absolute Gasteiger partial charge is 0.285 e. The number of methoxy groups -OCH3 is 1. The van der Waals surface area contributed by atoms with Crippen LogP contribution in [0.4, 0.5) is 5.69 Å². The normalized spacial score (nSPS) is 12.8. The van der Waals surface area contributed by atoms with Crippen LogP contribution >= 0.6 is 20.7 Å². The van der Waals surface area contributed by atoms with Crippen LogP contribution in [-0.2, 0) is 16.6 Å². The maximum absolute atomic E-state index is 12.9. The van der Waals surface area contributed by atoms with E-state index in [1.165, 1.54) is 39.9 Å². The summed E-state index contributed by atoms with van der Waals surface area (Å²) in [4.78, 5) is 5.87. The fourth-order valence-electron chi connectivity index (χ4n) is 2.81. The predicted octanol–water partition coefficient (Wildman–Crippen LogP) is 4.19. The molecular formula is C22H19N3O3S3. The minimum atomic E-state index is -3.89. The SMILES string of the molecule is COc1ccc(S(=O)(=O)/N=c2\ssc(=Nc3ccccc3)n2Cc2ccccc2)cc1. The van der Waals surface area contributed by atoms with Crippen molar-refractivity contribution in [3.05, 3.63) is 100 Å². The molecule has 0 aliphatic rings. The van der Waals surface area contributed by atoms with Crippen molar-refractivity contribution in [3.63, 3.8) is 0 Å². The molecule has 0 bridgehead atoms. The van der Waals surface area contributed by atoms with E-state index in [2.05, 4.69) is 4.40 Å². The van der Waals surface area contributed by atoms with Crippen LogP contribution in [0.25, 0.3) is 0 Å². The van der Waals surface area contributed by atoms with Crippen molar-refractivity contribution in [1.29, 1.82) is 0 Å². The third kappa shape index (κ3) is 5.19. The van der Waals surface area contributed by atoms with Crippen LogP contribution in [0, 0.1) is 0 Å². The first-order valence-corrected chi connectivity index (χ1v) is 12.9. The van der Waals surface area contributed by atoms with Gasteiger partial charge in [0.15, 0.2) is 0 Å². The lowest BCUT2D eigenvalue weighted by Crippen LogP contribution is -2.27. The molecule has 4 aromatic rings. The summed E-state index contributed by atoms with van der Waals surface area (Å²) in [7, 11) is 0.321. The molecular weight excluding hydrogens is 450 g/mol. The molecule has 9 heteroatoms. The minimum Gasteiger partial charge on any atom is -0.497 e. The number of para-hydroxylation sites is 1. The zero-order chi connectivity index (χ0) is 21.7. The van der Waals surface area contributed by atoms with Gasteiger partial charge in [0.1, 0.15) is 5.75 Å². The van der Waals surface area contributed by atoms with Crippen LogP contribution in [0.15, 0.2) is 99.2 Å². The molecule has 0 amide bonds. The summed E-state index contributed by atoms with van der Waals surface area (Å²) in [5.41, 5.74) is 1.82. The average Bonchev–Trinajstić information content (AvgIpc) is 3.15. The number of sulfonamides is 1. The monoisotopic (exact) mass is 469 g/mol. The van der Waals surface area contributed by atoms with Crippen LogP contribution < -0.4 is 14.3 Å². The molecule has 0 aliphatic heterocycles. The maximum Gasteiger partial charge on any atom is 0.285 e. The summed E-state index contributed by atoms with van der Waals surface area (Å²) < 4.78 is 36.9. The van der Waals surface area contributed by atoms with E-state index < -0.39 is 10.0 Å². The van der Waals surface area contributed by atoms with Gasteiger partial charge >= 0.3 is 0 Å². The summed E-state index contributed by atoms with van der Waals surface area (Å²) >= 11 is 0. The molecule has 0 aliphatic carbocycles. The van der Waals surface area contributed by atoms with Crippen molar-refractivity contribution in [1.82, 2.24) is 4.57 Å². The zero-order valence-corrected chi connectivity index (χ0v) is 19.0. The molecule has 6 nitrogen and oxygen atoms in total. The molecule has 0 saturated carbocycles. The number of aromatic nitrogens is 1. The molecule has 0 fully saturated rings. The van der Waals surface area contributed by atoms with Gasteiger partial charge < -0.3 is 4.74 Å². The Morgan fingerprint density at radius 1 is 0.839 bits per heavy atom. The van der Waals surface area contributed by atoms with Gasteiger partial charge in [-0.1, -0.05) is 48.5 Å². The van der Waals surface area contributed by atoms with E-state index in [4.69, 9.17) is 9.73 Å². The first-order chi connectivity index (χ1) is 15.0. The molecule has 0 unspecified atom stereocenters. The van der Waals surface area contributed by atoms with Gasteiger partial charge in [-0.2, -0.15) is 8.42 Å². The Labute approximate surface area is 187 Å². The number of ether oxygens (including phenoxy) is 1. The molecule has 0 spiro atoms.